The number of ketones is 1. The first-order valence-corrected chi connectivity index (χ1v) is 8.27. The molecule has 0 N–H and O–H groups in total. The van der Waals surface area contributed by atoms with Crippen LogP contribution in [-0.4, -0.2) is 5.78 Å². The lowest BCUT2D eigenvalue weighted by Crippen LogP contribution is -2.41. The van der Waals surface area contributed by atoms with E-state index in [1.54, 1.807) is 6.92 Å². The maximum absolute atomic E-state index is 11.9. The van der Waals surface area contributed by atoms with Crippen LogP contribution in [-0.2, 0) is 10.8 Å². The summed E-state index contributed by atoms with van der Waals surface area (Å²) >= 11 is 0. The van der Waals surface area contributed by atoms with Crippen molar-refractivity contribution in [1.29, 1.82) is 0 Å². The number of Topliss-reactive ketones (excluding diaryl/α,β-unsaturated/α-hetero) is 1. The van der Waals surface area contributed by atoms with E-state index < -0.39 is 0 Å². The minimum absolute atomic E-state index is 0.155. The molecule has 0 amide bonds. The third kappa shape index (κ3) is 2.67. The van der Waals surface area contributed by atoms with Crippen LogP contribution in [0.2, 0.25) is 0 Å². The molecule has 0 saturated carbocycles. The van der Waals surface area contributed by atoms with Crippen molar-refractivity contribution in [2.45, 2.75) is 78.6 Å². The maximum atomic E-state index is 11.9. The van der Waals surface area contributed by atoms with Gasteiger partial charge in [-0.25, -0.2) is 0 Å². The first-order valence-electron chi connectivity index (χ1n) is 8.27. The first kappa shape index (κ1) is 16.3. The number of fused-ring (bicyclic) bond motifs is 1. The molecular formula is C20H30O. The van der Waals surface area contributed by atoms with Gasteiger partial charge in [0, 0.05) is 5.56 Å². The number of carbonyl (C=O) groups excluding carboxylic acids is 1. The summed E-state index contributed by atoms with van der Waals surface area (Å²) in [5, 5.41) is 0. The molecule has 0 fully saturated rings. The zero-order valence-electron chi connectivity index (χ0n) is 14.8. The fraction of sp³-hybridized carbons (Fsp3) is 0.650. The summed E-state index contributed by atoms with van der Waals surface area (Å²) < 4.78 is 0. The monoisotopic (exact) mass is 286 g/mol. The lowest BCUT2D eigenvalue weighted by Gasteiger charge is -2.48. The fourth-order valence-corrected chi connectivity index (χ4v) is 4.19. The summed E-state index contributed by atoms with van der Waals surface area (Å²) in [7, 11) is 0. The molecule has 1 nitrogen and oxygen atoms in total. The highest BCUT2D eigenvalue weighted by atomic mass is 16.1. The molecule has 0 saturated heterocycles. The number of benzene rings is 1. The Morgan fingerprint density at radius 3 is 2.33 bits per heavy atom. The van der Waals surface area contributed by atoms with Gasteiger partial charge in [-0.15, -0.1) is 0 Å². The summed E-state index contributed by atoms with van der Waals surface area (Å²) in [6, 6.07) is 4.46. The first-order chi connectivity index (χ1) is 9.61. The maximum Gasteiger partial charge on any atom is 0.160 e. The van der Waals surface area contributed by atoms with Crippen molar-refractivity contribution >= 4 is 5.78 Å². The predicted molar refractivity (Wildman–Crippen MR) is 90.3 cm³/mol. The summed E-state index contributed by atoms with van der Waals surface area (Å²) in [5.41, 5.74) is 5.22. The van der Waals surface area contributed by atoms with E-state index in [1.807, 2.05) is 0 Å². The topological polar surface area (TPSA) is 17.1 Å². The van der Waals surface area contributed by atoms with Crippen molar-refractivity contribution in [1.82, 2.24) is 0 Å². The number of rotatable bonds is 3. The SMILES string of the molecule is CCCC1CC(C)(C)c2cc(C(C)=O)c(C)cc2C1(C)C. The molecule has 1 heteroatoms. The molecule has 0 aliphatic heterocycles. The van der Waals surface area contributed by atoms with E-state index in [0.717, 1.165) is 11.1 Å². The molecule has 1 aliphatic carbocycles. The van der Waals surface area contributed by atoms with Crippen molar-refractivity contribution in [3.63, 3.8) is 0 Å². The molecule has 0 heterocycles. The van der Waals surface area contributed by atoms with Gasteiger partial charge in [0.15, 0.2) is 5.78 Å². The lowest BCUT2D eigenvalue weighted by molar-refractivity contribution is 0.101. The third-order valence-corrected chi connectivity index (χ3v) is 5.58. The molecule has 1 aromatic carbocycles. The molecule has 1 unspecified atom stereocenters. The molecular weight excluding hydrogens is 256 g/mol. The minimum Gasteiger partial charge on any atom is -0.295 e. The molecule has 0 aromatic heterocycles. The van der Waals surface area contributed by atoms with Crippen LogP contribution in [0, 0.1) is 12.8 Å². The second kappa shape index (κ2) is 5.26. The molecule has 116 valence electrons. The molecule has 1 aromatic rings. The highest BCUT2D eigenvalue weighted by Gasteiger charge is 2.43. The van der Waals surface area contributed by atoms with E-state index in [2.05, 4.69) is 53.7 Å². The number of hydrogen-bond donors (Lipinski definition) is 0. The lowest BCUT2D eigenvalue weighted by atomic mass is 9.56. The Balaban J connectivity index is 2.67. The van der Waals surface area contributed by atoms with Crippen LogP contribution >= 0.6 is 0 Å². The molecule has 0 radical (unpaired) electrons. The Morgan fingerprint density at radius 1 is 1.19 bits per heavy atom. The van der Waals surface area contributed by atoms with Gasteiger partial charge in [-0.05, 0) is 66.2 Å². The molecule has 1 aliphatic rings. The van der Waals surface area contributed by atoms with Gasteiger partial charge >= 0.3 is 0 Å². The van der Waals surface area contributed by atoms with Gasteiger partial charge in [0.2, 0.25) is 0 Å². The van der Waals surface area contributed by atoms with Crippen molar-refractivity contribution in [2.75, 3.05) is 0 Å². The second-order valence-corrected chi connectivity index (χ2v) is 8.06. The summed E-state index contributed by atoms with van der Waals surface area (Å²) in [6.45, 7) is 15.5. The standard InChI is InChI=1S/C20H30O/c1-8-9-15-12-19(4,5)17-11-16(14(3)21)13(2)10-18(17)20(15,6)7/h10-11,15H,8-9,12H2,1-7H3. The molecule has 0 bridgehead atoms. The minimum atomic E-state index is 0.155. The number of carbonyl (C=O) groups is 1. The smallest absolute Gasteiger partial charge is 0.160 e. The van der Waals surface area contributed by atoms with Gasteiger partial charge in [-0.3, -0.25) is 4.79 Å². The molecule has 0 spiro atoms. The summed E-state index contributed by atoms with van der Waals surface area (Å²) in [5.74, 6) is 0.896. The van der Waals surface area contributed by atoms with E-state index in [4.69, 9.17) is 0 Å². The number of hydrogen-bond acceptors (Lipinski definition) is 1. The Morgan fingerprint density at radius 2 is 1.81 bits per heavy atom. The van der Waals surface area contributed by atoms with Gasteiger partial charge in [0.1, 0.15) is 0 Å². The zero-order valence-corrected chi connectivity index (χ0v) is 14.8. The summed E-state index contributed by atoms with van der Waals surface area (Å²) in [6.07, 6.45) is 3.73. The van der Waals surface area contributed by atoms with Crippen molar-refractivity contribution < 1.29 is 4.79 Å². The largest absolute Gasteiger partial charge is 0.295 e. The highest BCUT2D eigenvalue weighted by Crippen LogP contribution is 2.51. The van der Waals surface area contributed by atoms with Crippen LogP contribution in [0.3, 0.4) is 0 Å². The van der Waals surface area contributed by atoms with Crippen molar-refractivity contribution in [3.8, 4) is 0 Å². The summed E-state index contributed by atoms with van der Waals surface area (Å²) in [4.78, 5) is 11.9. The van der Waals surface area contributed by atoms with Crippen molar-refractivity contribution in [3.05, 3.63) is 34.4 Å². The van der Waals surface area contributed by atoms with Crippen molar-refractivity contribution in [2.24, 2.45) is 5.92 Å². The van der Waals surface area contributed by atoms with Crippen LogP contribution in [0.4, 0.5) is 0 Å². The molecule has 2 rings (SSSR count). The van der Waals surface area contributed by atoms with Gasteiger partial charge in [0.05, 0.1) is 0 Å². The van der Waals surface area contributed by atoms with E-state index in [9.17, 15) is 4.79 Å². The van der Waals surface area contributed by atoms with E-state index >= 15 is 0 Å². The highest BCUT2D eigenvalue weighted by molar-refractivity contribution is 5.96. The van der Waals surface area contributed by atoms with Gasteiger partial charge in [-0.1, -0.05) is 47.1 Å². The molecule has 21 heavy (non-hydrogen) atoms. The quantitative estimate of drug-likeness (QED) is 0.664. The predicted octanol–water partition coefficient (Wildman–Crippen LogP) is 5.57. The Hall–Kier alpha value is -1.11. The van der Waals surface area contributed by atoms with E-state index in [0.29, 0.717) is 5.92 Å². The van der Waals surface area contributed by atoms with Crippen LogP contribution in [0.5, 0.6) is 0 Å². The average Bonchev–Trinajstić information content (AvgIpc) is 2.35. The Kier molecular flexibility index (Phi) is 4.08. The normalized spacial score (nSPS) is 22.7. The molecule has 1 atom stereocenters. The second-order valence-electron chi connectivity index (χ2n) is 8.06. The van der Waals surface area contributed by atoms with E-state index in [1.165, 1.54) is 30.4 Å². The van der Waals surface area contributed by atoms with Gasteiger partial charge < -0.3 is 0 Å². The van der Waals surface area contributed by atoms with E-state index in [-0.39, 0.29) is 16.6 Å². The van der Waals surface area contributed by atoms with Crippen LogP contribution in [0.1, 0.15) is 87.9 Å². The van der Waals surface area contributed by atoms with Crippen LogP contribution < -0.4 is 0 Å². The Labute approximate surface area is 130 Å². The fourth-order valence-electron chi connectivity index (χ4n) is 4.19. The average molecular weight is 286 g/mol. The van der Waals surface area contributed by atoms with Gasteiger partial charge in [-0.2, -0.15) is 0 Å². The van der Waals surface area contributed by atoms with Gasteiger partial charge in [0.25, 0.3) is 0 Å². The Bertz CT molecular complexity index is 563. The zero-order chi connectivity index (χ0) is 16.0. The third-order valence-electron chi connectivity index (χ3n) is 5.58. The number of aryl methyl sites for hydroxylation is 1. The van der Waals surface area contributed by atoms with Crippen LogP contribution in [0.25, 0.3) is 0 Å². The van der Waals surface area contributed by atoms with Crippen LogP contribution in [0.15, 0.2) is 12.1 Å².